The Labute approximate surface area is 128 Å². The molecule has 3 unspecified atom stereocenters. The SMILES string of the molecule is CC1CCC(NC(=O)c2cc(S)ccc2Br)CC1C. The Hall–Kier alpha value is -0.480. The zero-order valence-electron chi connectivity index (χ0n) is 11.3. The third kappa shape index (κ3) is 3.76. The summed E-state index contributed by atoms with van der Waals surface area (Å²) in [7, 11) is 0. The summed E-state index contributed by atoms with van der Waals surface area (Å²) in [5.74, 6) is 1.44. The molecule has 1 aliphatic carbocycles. The maximum Gasteiger partial charge on any atom is 0.252 e. The molecule has 1 N–H and O–H groups in total. The number of amides is 1. The van der Waals surface area contributed by atoms with Crippen LogP contribution in [0.15, 0.2) is 27.6 Å². The van der Waals surface area contributed by atoms with Crippen molar-refractivity contribution in [3.8, 4) is 0 Å². The van der Waals surface area contributed by atoms with Gasteiger partial charge in [0.05, 0.1) is 5.56 Å². The van der Waals surface area contributed by atoms with Gasteiger partial charge in [0.15, 0.2) is 0 Å². The average molecular weight is 342 g/mol. The third-order valence-electron chi connectivity index (χ3n) is 4.13. The van der Waals surface area contributed by atoms with Gasteiger partial charge in [-0.2, -0.15) is 0 Å². The highest BCUT2D eigenvalue weighted by atomic mass is 79.9. The van der Waals surface area contributed by atoms with Crippen molar-refractivity contribution < 1.29 is 4.79 Å². The van der Waals surface area contributed by atoms with E-state index in [-0.39, 0.29) is 5.91 Å². The molecular formula is C15H20BrNOS. The van der Waals surface area contributed by atoms with Crippen LogP contribution in [0.5, 0.6) is 0 Å². The highest BCUT2D eigenvalue weighted by molar-refractivity contribution is 9.10. The normalized spacial score (nSPS) is 27.1. The number of hydrogen-bond donors (Lipinski definition) is 2. The molecule has 1 amide bonds. The van der Waals surface area contributed by atoms with Gasteiger partial charge in [0.1, 0.15) is 0 Å². The molecule has 0 spiro atoms. The van der Waals surface area contributed by atoms with Crippen molar-refractivity contribution in [2.24, 2.45) is 11.8 Å². The first kappa shape index (κ1) is 14.9. The van der Waals surface area contributed by atoms with Crippen LogP contribution in [0.3, 0.4) is 0 Å². The van der Waals surface area contributed by atoms with Gasteiger partial charge >= 0.3 is 0 Å². The number of carbonyl (C=O) groups is 1. The highest BCUT2D eigenvalue weighted by Crippen LogP contribution is 2.29. The topological polar surface area (TPSA) is 29.1 Å². The monoisotopic (exact) mass is 341 g/mol. The van der Waals surface area contributed by atoms with Crippen molar-refractivity contribution in [1.29, 1.82) is 0 Å². The smallest absolute Gasteiger partial charge is 0.252 e. The first-order valence-electron chi connectivity index (χ1n) is 6.76. The fourth-order valence-electron chi connectivity index (χ4n) is 2.63. The van der Waals surface area contributed by atoms with Crippen LogP contribution < -0.4 is 5.32 Å². The molecule has 0 aromatic heterocycles. The minimum absolute atomic E-state index is 0.00507. The molecule has 0 bridgehead atoms. The van der Waals surface area contributed by atoms with Crippen LogP contribution in [-0.4, -0.2) is 11.9 Å². The standard InChI is InChI=1S/C15H20BrNOS/c1-9-3-4-11(7-10(9)2)17-15(18)13-8-12(19)5-6-14(13)16/h5-6,8-11,19H,3-4,7H2,1-2H3,(H,17,18). The van der Waals surface area contributed by atoms with E-state index in [2.05, 4.69) is 47.7 Å². The van der Waals surface area contributed by atoms with Gasteiger partial charge < -0.3 is 5.32 Å². The molecule has 104 valence electrons. The van der Waals surface area contributed by atoms with E-state index in [1.807, 2.05) is 12.1 Å². The summed E-state index contributed by atoms with van der Waals surface area (Å²) in [6.45, 7) is 4.57. The number of carbonyl (C=O) groups excluding carboxylic acids is 1. The lowest BCUT2D eigenvalue weighted by atomic mass is 9.79. The number of thiol groups is 1. The fraction of sp³-hybridized carbons (Fsp3) is 0.533. The van der Waals surface area contributed by atoms with Gasteiger partial charge in [-0.25, -0.2) is 0 Å². The summed E-state index contributed by atoms with van der Waals surface area (Å²) in [6, 6.07) is 5.84. The lowest BCUT2D eigenvalue weighted by Crippen LogP contribution is -2.39. The molecule has 1 aromatic carbocycles. The largest absolute Gasteiger partial charge is 0.349 e. The van der Waals surface area contributed by atoms with Crippen molar-refractivity contribution >= 4 is 34.5 Å². The second-order valence-corrected chi connectivity index (χ2v) is 6.97. The summed E-state index contributed by atoms with van der Waals surface area (Å²) < 4.78 is 0.819. The van der Waals surface area contributed by atoms with E-state index in [0.29, 0.717) is 17.5 Å². The minimum Gasteiger partial charge on any atom is -0.349 e. The number of halogens is 1. The molecule has 1 saturated carbocycles. The van der Waals surface area contributed by atoms with Crippen LogP contribution in [0.25, 0.3) is 0 Å². The second-order valence-electron chi connectivity index (χ2n) is 5.60. The van der Waals surface area contributed by atoms with E-state index >= 15 is 0 Å². The van der Waals surface area contributed by atoms with Gasteiger partial charge in [-0.05, 0) is 65.2 Å². The van der Waals surface area contributed by atoms with Crippen LogP contribution in [0, 0.1) is 11.8 Å². The summed E-state index contributed by atoms with van der Waals surface area (Å²) in [4.78, 5) is 13.1. The average Bonchev–Trinajstić information content (AvgIpc) is 2.36. The second kappa shape index (κ2) is 6.31. The van der Waals surface area contributed by atoms with Crippen LogP contribution in [0.1, 0.15) is 43.5 Å². The Morgan fingerprint density at radius 3 is 2.74 bits per heavy atom. The molecule has 0 heterocycles. The van der Waals surface area contributed by atoms with Gasteiger partial charge in [0, 0.05) is 15.4 Å². The van der Waals surface area contributed by atoms with E-state index in [0.717, 1.165) is 28.1 Å². The van der Waals surface area contributed by atoms with Crippen LogP contribution >= 0.6 is 28.6 Å². The zero-order valence-corrected chi connectivity index (χ0v) is 13.8. The Morgan fingerprint density at radius 1 is 1.32 bits per heavy atom. The van der Waals surface area contributed by atoms with Crippen molar-refractivity contribution in [2.45, 2.75) is 44.0 Å². The zero-order chi connectivity index (χ0) is 14.0. The molecule has 19 heavy (non-hydrogen) atoms. The first-order chi connectivity index (χ1) is 8.97. The Morgan fingerprint density at radius 2 is 2.05 bits per heavy atom. The van der Waals surface area contributed by atoms with E-state index < -0.39 is 0 Å². The van der Waals surface area contributed by atoms with Crippen molar-refractivity contribution in [2.75, 3.05) is 0 Å². The van der Waals surface area contributed by atoms with Crippen molar-refractivity contribution in [1.82, 2.24) is 5.32 Å². The van der Waals surface area contributed by atoms with E-state index in [9.17, 15) is 4.79 Å². The van der Waals surface area contributed by atoms with E-state index in [4.69, 9.17) is 0 Å². The molecule has 2 rings (SSSR count). The van der Waals surface area contributed by atoms with Crippen LogP contribution in [0.4, 0.5) is 0 Å². The molecule has 4 heteroatoms. The Kier molecular flexibility index (Phi) is 4.96. The molecular weight excluding hydrogens is 322 g/mol. The predicted molar refractivity (Wildman–Crippen MR) is 84.8 cm³/mol. The summed E-state index contributed by atoms with van der Waals surface area (Å²) in [5, 5.41) is 3.15. The summed E-state index contributed by atoms with van der Waals surface area (Å²) >= 11 is 7.71. The molecule has 2 nitrogen and oxygen atoms in total. The molecule has 1 aromatic rings. The number of rotatable bonds is 2. The molecule has 1 aliphatic rings. The van der Waals surface area contributed by atoms with Gasteiger partial charge in [0.25, 0.3) is 5.91 Å². The van der Waals surface area contributed by atoms with Gasteiger partial charge in [0.2, 0.25) is 0 Å². The lowest BCUT2D eigenvalue weighted by Gasteiger charge is -2.32. The molecule has 3 atom stereocenters. The fourth-order valence-corrected chi connectivity index (χ4v) is 3.26. The third-order valence-corrected chi connectivity index (χ3v) is 5.10. The maximum atomic E-state index is 12.3. The number of nitrogens with one attached hydrogen (secondary N) is 1. The lowest BCUT2D eigenvalue weighted by molar-refractivity contribution is 0.0909. The van der Waals surface area contributed by atoms with Crippen molar-refractivity contribution in [3.63, 3.8) is 0 Å². The molecule has 0 aliphatic heterocycles. The minimum atomic E-state index is -0.00507. The van der Waals surface area contributed by atoms with Gasteiger partial charge in [-0.15, -0.1) is 12.6 Å². The first-order valence-corrected chi connectivity index (χ1v) is 8.00. The maximum absolute atomic E-state index is 12.3. The summed E-state index contributed by atoms with van der Waals surface area (Å²) in [6.07, 6.45) is 3.35. The summed E-state index contributed by atoms with van der Waals surface area (Å²) in [5.41, 5.74) is 0.666. The number of hydrogen-bond acceptors (Lipinski definition) is 2. The van der Waals surface area contributed by atoms with Crippen LogP contribution in [-0.2, 0) is 0 Å². The van der Waals surface area contributed by atoms with Gasteiger partial charge in [-0.1, -0.05) is 13.8 Å². The molecule has 1 fully saturated rings. The Balaban J connectivity index is 2.03. The van der Waals surface area contributed by atoms with Crippen molar-refractivity contribution in [3.05, 3.63) is 28.2 Å². The molecule has 0 radical (unpaired) electrons. The Bertz CT molecular complexity index is 477. The van der Waals surface area contributed by atoms with Crippen LogP contribution in [0.2, 0.25) is 0 Å². The highest BCUT2D eigenvalue weighted by Gasteiger charge is 2.26. The number of benzene rings is 1. The predicted octanol–water partition coefficient (Wildman–Crippen LogP) is 4.29. The van der Waals surface area contributed by atoms with E-state index in [1.165, 1.54) is 6.42 Å². The van der Waals surface area contributed by atoms with E-state index in [1.54, 1.807) is 6.07 Å². The molecule has 0 saturated heterocycles. The quantitative estimate of drug-likeness (QED) is 0.772. The van der Waals surface area contributed by atoms with Gasteiger partial charge in [-0.3, -0.25) is 4.79 Å².